The predicted molar refractivity (Wildman–Crippen MR) is 80.0 cm³/mol. The highest BCUT2D eigenvalue weighted by Crippen LogP contribution is 2.38. The van der Waals surface area contributed by atoms with E-state index >= 15 is 0 Å². The Morgan fingerprint density at radius 2 is 1.86 bits per heavy atom. The highest BCUT2D eigenvalue weighted by atomic mass is 16.5. The second kappa shape index (κ2) is 6.16. The van der Waals surface area contributed by atoms with Gasteiger partial charge in [-0.1, -0.05) is 0 Å². The Morgan fingerprint density at radius 3 is 2.32 bits per heavy atom. The molecule has 2 N–H and O–H groups in total. The Bertz CT molecular complexity index is 436. The molecule has 2 heterocycles. The SMILES string of the molecule is COC1(C(=O)N2CCC([C@@H]3CC[C@H](C(N)=O)O3)CC2)CCC1. The first-order valence-electron chi connectivity index (χ1n) is 8.35. The topological polar surface area (TPSA) is 81.9 Å². The molecule has 0 radical (unpaired) electrons. The van der Waals surface area contributed by atoms with Gasteiger partial charge >= 0.3 is 0 Å². The van der Waals surface area contributed by atoms with E-state index in [9.17, 15) is 9.59 Å². The van der Waals surface area contributed by atoms with Crippen LogP contribution in [0.2, 0.25) is 0 Å². The maximum atomic E-state index is 12.6. The minimum atomic E-state index is -0.548. The van der Waals surface area contributed by atoms with Crippen molar-refractivity contribution >= 4 is 11.8 Å². The van der Waals surface area contributed by atoms with E-state index in [1.54, 1.807) is 7.11 Å². The fraction of sp³-hybridized carbons (Fsp3) is 0.875. The van der Waals surface area contributed by atoms with Gasteiger partial charge in [-0.05, 0) is 50.9 Å². The van der Waals surface area contributed by atoms with Crippen molar-refractivity contribution in [3.63, 3.8) is 0 Å². The summed E-state index contributed by atoms with van der Waals surface area (Å²) >= 11 is 0. The molecule has 0 aromatic heterocycles. The summed E-state index contributed by atoms with van der Waals surface area (Å²) in [5.74, 6) is 0.220. The van der Waals surface area contributed by atoms with E-state index in [-0.39, 0.29) is 17.9 Å². The molecule has 22 heavy (non-hydrogen) atoms. The van der Waals surface area contributed by atoms with E-state index < -0.39 is 11.7 Å². The average Bonchev–Trinajstić information content (AvgIpc) is 2.97. The molecule has 2 atom stereocenters. The molecule has 3 fully saturated rings. The van der Waals surface area contributed by atoms with Gasteiger partial charge in [0.2, 0.25) is 5.91 Å². The molecule has 0 unspecified atom stereocenters. The van der Waals surface area contributed by atoms with Gasteiger partial charge in [0, 0.05) is 20.2 Å². The number of nitrogens with two attached hydrogens (primary N) is 1. The van der Waals surface area contributed by atoms with Gasteiger partial charge in [-0.3, -0.25) is 9.59 Å². The van der Waals surface area contributed by atoms with Crippen molar-refractivity contribution in [1.29, 1.82) is 0 Å². The van der Waals surface area contributed by atoms with Crippen molar-refractivity contribution in [2.45, 2.75) is 62.8 Å². The molecule has 1 saturated carbocycles. The first-order valence-corrected chi connectivity index (χ1v) is 8.35. The number of rotatable bonds is 4. The maximum Gasteiger partial charge on any atom is 0.254 e. The molecule has 6 nitrogen and oxygen atoms in total. The van der Waals surface area contributed by atoms with Crippen molar-refractivity contribution in [3.05, 3.63) is 0 Å². The summed E-state index contributed by atoms with van der Waals surface area (Å²) < 4.78 is 11.3. The van der Waals surface area contributed by atoms with Gasteiger partial charge in [-0.25, -0.2) is 0 Å². The van der Waals surface area contributed by atoms with Crippen LogP contribution >= 0.6 is 0 Å². The second-order valence-electron chi connectivity index (χ2n) is 6.82. The van der Waals surface area contributed by atoms with Crippen LogP contribution in [-0.4, -0.2) is 54.7 Å². The van der Waals surface area contributed by atoms with Gasteiger partial charge in [0.25, 0.3) is 5.91 Å². The molecular formula is C16H26N2O4. The van der Waals surface area contributed by atoms with Crippen LogP contribution in [0.5, 0.6) is 0 Å². The Labute approximate surface area is 131 Å². The van der Waals surface area contributed by atoms with Crippen LogP contribution in [0.15, 0.2) is 0 Å². The zero-order chi connectivity index (χ0) is 15.7. The first-order chi connectivity index (χ1) is 10.6. The van der Waals surface area contributed by atoms with E-state index in [1.165, 1.54) is 0 Å². The van der Waals surface area contributed by atoms with Crippen LogP contribution in [0.3, 0.4) is 0 Å². The molecule has 0 bridgehead atoms. The maximum absolute atomic E-state index is 12.6. The van der Waals surface area contributed by atoms with E-state index in [0.717, 1.165) is 58.0 Å². The van der Waals surface area contributed by atoms with Gasteiger partial charge in [0.05, 0.1) is 6.10 Å². The van der Waals surface area contributed by atoms with E-state index in [2.05, 4.69) is 0 Å². The van der Waals surface area contributed by atoms with E-state index in [1.807, 2.05) is 4.90 Å². The number of carbonyl (C=O) groups is 2. The normalized spacial score (nSPS) is 31.8. The summed E-state index contributed by atoms with van der Waals surface area (Å²) in [6.07, 6.45) is 5.94. The summed E-state index contributed by atoms with van der Waals surface area (Å²) in [5.41, 5.74) is 4.76. The molecule has 2 amide bonds. The lowest BCUT2D eigenvalue weighted by atomic mass is 9.78. The monoisotopic (exact) mass is 310 g/mol. The summed E-state index contributed by atoms with van der Waals surface area (Å²) in [4.78, 5) is 25.7. The molecule has 0 aromatic rings. The summed E-state index contributed by atoms with van der Waals surface area (Å²) in [6.45, 7) is 1.52. The molecular weight excluding hydrogens is 284 g/mol. The van der Waals surface area contributed by atoms with E-state index in [0.29, 0.717) is 5.92 Å². The molecule has 2 aliphatic heterocycles. The van der Waals surface area contributed by atoms with Crippen LogP contribution in [0, 0.1) is 5.92 Å². The zero-order valence-electron chi connectivity index (χ0n) is 13.3. The van der Waals surface area contributed by atoms with Crippen LogP contribution in [0.4, 0.5) is 0 Å². The number of hydrogen-bond acceptors (Lipinski definition) is 4. The lowest BCUT2D eigenvalue weighted by Gasteiger charge is -2.44. The Balaban J connectivity index is 1.51. The van der Waals surface area contributed by atoms with Crippen molar-refractivity contribution in [2.24, 2.45) is 11.7 Å². The van der Waals surface area contributed by atoms with Crippen molar-refractivity contribution in [2.75, 3.05) is 20.2 Å². The van der Waals surface area contributed by atoms with Gasteiger partial charge in [-0.15, -0.1) is 0 Å². The third-order valence-electron chi connectivity index (χ3n) is 5.66. The number of piperidine rings is 1. The Kier molecular flexibility index (Phi) is 4.41. The predicted octanol–water partition coefficient (Wildman–Crippen LogP) is 0.827. The quantitative estimate of drug-likeness (QED) is 0.834. The Hall–Kier alpha value is -1.14. The van der Waals surface area contributed by atoms with Crippen molar-refractivity contribution < 1.29 is 19.1 Å². The summed E-state index contributed by atoms with van der Waals surface area (Å²) in [7, 11) is 1.64. The van der Waals surface area contributed by atoms with Gasteiger partial charge < -0.3 is 20.1 Å². The Morgan fingerprint density at radius 1 is 1.18 bits per heavy atom. The van der Waals surface area contributed by atoms with Crippen molar-refractivity contribution in [3.8, 4) is 0 Å². The fourth-order valence-corrected chi connectivity index (χ4v) is 3.98. The second-order valence-corrected chi connectivity index (χ2v) is 6.82. The minimum absolute atomic E-state index is 0.120. The number of methoxy groups -OCH3 is 1. The smallest absolute Gasteiger partial charge is 0.254 e. The molecule has 3 aliphatic rings. The van der Waals surface area contributed by atoms with Crippen LogP contribution in [0.25, 0.3) is 0 Å². The van der Waals surface area contributed by atoms with E-state index in [4.69, 9.17) is 15.2 Å². The zero-order valence-corrected chi connectivity index (χ0v) is 13.3. The van der Waals surface area contributed by atoms with Gasteiger partial charge in [0.15, 0.2) is 0 Å². The van der Waals surface area contributed by atoms with Gasteiger partial charge in [0.1, 0.15) is 11.7 Å². The fourth-order valence-electron chi connectivity index (χ4n) is 3.98. The molecule has 2 saturated heterocycles. The molecule has 3 rings (SSSR count). The number of hydrogen-bond donors (Lipinski definition) is 1. The third-order valence-corrected chi connectivity index (χ3v) is 5.66. The van der Waals surface area contributed by atoms with Crippen LogP contribution < -0.4 is 5.73 Å². The highest BCUT2D eigenvalue weighted by Gasteiger charge is 2.47. The first kappa shape index (κ1) is 15.7. The standard InChI is InChI=1S/C16H26N2O4/c1-21-16(7-2-8-16)15(20)18-9-5-11(6-10-18)12-3-4-13(22-12)14(17)19/h11-13H,2-10H2,1H3,(H2,17,19)/t12-,13+/m0/s1. The number of primary amides is 1. The average molecular weight is 310 g/mol. The summed E-state index contributed by atoms with van der Waals surface area (Å²) in [5, 5.41) is 0. The minimum Gasteiger partial charge on any atom is -0.368 e. The molecule has 1 aliphatic carbocycles. The highest BCUT2D eigenvalue weighted by molar-refractivity contribution is 5.86. The molecule has 0 aromatic carbocycles. The summed E-state index contributed by atoms with van der Waals surface area (Å²) in [6, 6.07) is 0. The third kappa shape index (κ3) is 2.74. The number of likely N-dealkylation sites (tertiary alicyclic amines) is 1. The van der Waals surface area contributed by atoms with Crippen LogP contribution in [-0.2, 0) is 19.1 Å². The lowest BCUT2D eigenvalue weighted by Crippen LogP contribution is -2.56. The largest absolute Gasteiger partial charge is 0.368 e. The number of nitrogens with zero attached hydrogens (tertiary/aromatic N) is 1. The molecule has 0 spiro atoms. The molecule has 6 heteroatoms. The van der Waals surface area contributed by atoms with Crippen molar-refractivity contribution in [1.82, 2.24) is 4.90 Å². The van der Waals surface area contributed by atoms with Gasteiger partial charge in [-0.2, -0.15) is 0 Å². The number of carbonyl (C=O) groups excluding carboxylic acids is 2. The number of amides is 2. The van der Waals surface area contributed by atoms with Crippen LogP contribution in [0.1, 0.15) is 44.9 Å². The number of ether oxygens (including phenoxy) is 2. The lowest BCUT2D eigenvalue weighted by molar-refractivity contribution is -0.168. The molecule has 124 valence electrons.